The zero-order chi connectivity index (χ0) is 20.7. The molecule has 0 unspecified atom stereocenters. The summed E-state index contributed by atoms with van der Waals surface area (Å²) in [5.41, 5.74) is 7.56. The van der Waals surface area contributed by atoms with Crippen molar-refractivity contribution in [3.63, 3.8) is 0 Å². The Bertz CT molecular complexity index is 933. The highest BCUT2D eigenvalue weighted by atomic mass is 14.5. The summed E-state index contributed by atoms with van der Waals surface area (Å²) in [5.74, 6) is 0. The van der Waals surface area contributed by atoms with Crippen LogP contribution in [0.15, 0.2) is 109 Å². The third kappa shape index (κ3) is 3.60. The standard InChI is InChI=1S/C29H32/c1-5-9-16-23(8-4)29(24(17-10-6-2)18-11-7-3)27-21-14-12-19-25(27)26-20-13-15-22-28(26)29/h6,8,10-22H,4-5,7,9H2,1-3H3/b10-6-,18-11-,23-16+,24-17+. The van der Waals surface area contributed by atoms with Crippen LogP contribution in [0.2, 0.25) is 0 Å². The van der Waals surface area contributed by atoms with Gasteiger partial charge in [0.1, 0.15) is 0 Å². The Morgan fingerprint density at radius 1 is 0.931 bits per heavy atom. The summed E-state index contributed by atoms with van der Waals surface area (Å²) in [6.07, 6.45) is 18.7. The van der Waals surface area contributed by atoms with Crippen molar-refractivity contribution in [1.29, 1.82) is 0 Å². The molecule has 0 aromatic heterocycles. The molecule has 0 aliphatic heterocycles. The number of rotatable bonds is 8. The maximum Gasteiger partial charge on any atom is 0.0710 e. The van der Waals surface area contributed by atoms with Crippen molar-refractivity contribution in [3.8, 4) is 11.1 Å². The third-order valence-electron chi connectivity index (χ3n) is 5.69. The molecule has 0 saturated carbocycles. The van der Waals surface area contributed by atoms with Crippen LogP contribution in [0.1, 0.15) is 51.2 Å². The zero-order valence-electron chi connectivity index (χ0n) is 18.0. The van der Waals surface area contributed by atoms with Gasteiger partial charge in [-0.15, -0.1) is 0 Å². The van der Waals surface area contributed by atoms with E-state index < -0.39 is 0 Å². The fourth-order valence-corrected chi connectivity index (χ4v) is 4.46. The molecule has 29 heavy (non-hydrogen) atoms. The maximum absolute atomic E-state index is 4.25. The molecule has 3 rings (SSSR count). The summed E-state index contributed by atoms with van der Waals surface area (Å²) in [6.45, 7) is 10.7. The molecule has 0 spiro atoms. The van der Waals surface area contributed by atoms with Crippen molar-refractivity contribution >= 4 is 0 Å². The van der Waals surface area contributed by atoms with E-state index in [4.69, 9.17) is 0 Å². The first-order valence-corrected chi connectivity index (χ1v) is 10.8. The van der Waals surface area contributed by atoms with Gasteiger partial charge in [0.2, 0.25) is 0 Å². The zero-order valence-corrected chi connectivity index (χ0v) is 18.0. The van der Waals surface area contributed by atoms with Crippen LogP contribution in [0.5, 0.6) is 0 Å². The molecule has 0 fully saturated rings. The average molecular weight is 381 g/mol. The molecule has 1 aliphatic carbocycles. The van der Waals surface area contributed by atoms with Gasteiger partial charge in [-0.3, -0.25) is 0 Å². The molecule has 0 radical (unpaired) electrons. The van der Waals surface area contributed by atoms with Crippen LogP contribution in [0.25, 0.3) is 11.1 Å². The van der Waals surface area contributed by atoms with E-state index in [1.807, 2.05) is 0 Å². The third-order valence-corrected chi connectivity index (χ3v) is 5.69. The van der Waals surface area contributed by atoms with Crippen molar-refractivity contribution in [2.45, 2.75) is 45.4 Å². The van der Waals surface area contributed by atoms with E-state index in [9.17, 15) is 0 Å². The number of benzene rings is 2. The van der Waals surface area contributed by atoms with Crippen LogP contribution in [0.3, 0.4) is 0 Å². The normalized spacial score (nSPS) is 15.7. The molecule has 2 aromatic rings. The van der Waals surface area contributed by atoms with E-state index in [1.54, 1.807) is 0 Å². The van der Waals surface area contributed by atoms with Crippen LogP contribution in [-0.2, 0) is 5.41 Å². The molecule has 1 aliphatic rings. The highest BCUT2D eigenvalue weighted by molar-refractivity contribution is 5.87. The number of unbranched alkanes of at least 4 members (excludes halogenated alkanes) is 1. The van der Waals surface area contributed by atoms with Gasteiger partial charge in [-0.2, -0.15) is 0 Å². The fourth-order valence-electron chi connectivity index (χ4n) is 4.46. The summed E-state index contributed by atoms with van der Waals surface area (Å²) < 4.78 is 0. The minimum atomic E-state index is -0.338. The molecular formula is C29H32. The average Bonchev–Trinajstić information content (AvgIpc) is 3.06. The molecule has 2 aromatic carbocycles. The predicted octanol–water partition coefficient (Wildman–Crippen LogP) is 8.33. The van der Waals surface area contributed by atoms with Gasteiger partial charge in [-0.05, 0) is 53.2 Å². The second-order valence-corrected chi connectivity index (χ2v) is 7.45. The highest BCUT2D eigenvalue weighted by Crippen LogP contribution is 2.57. The van der Waals surface area contributed by atoms with Crippen molar-refractivity contribution in [1.82, 2.24) is 0 Å². The van der Waals surface area contributed by atoms with E-state index >= 15 is 0 Å². The van der Waals surface area contributed by atoms with Crippen LogP contribution in [0.4, 0.5) is 0 Å². The predicted molar refractivity (Wildman–Crippen MR) is 128 cm³/mol. The fraction of sp³-hybridized carbons (Fsp3) is 0.241. The molecule has 0 heteroatoms. The monoisotopic (exact) mass is 380 g/mol. The Hall–Kier alpha value is -2.86. The number of hydrogen-bond acceptors (Lipinski definition) is 0. The lowest BCUT2D eigenvalue weighted by Crippen LogP contribution is -2.29. The first-order chi connectivity index (χ1) is 14.2. The lowest BCUT2D eigenvalue weighted by molar-refractivity contribution is 0.755. The van der Waals surface area contributed by atoms with E-state index in [-0.39, 0.29) is 5.41 Å². The second kappa shape index (κ2) is 9.56. The lowest BCUT2D eigenvalue weighted by Gasteiger charge is -2.35. The topological polar surface area (TPSA) is 0 Å². The molecule has 0 N–H and O–H groups in total. The van der Waals surface area contributed by atoms with E-state index in [0.29, 0.717) is 0 Å². The van der Waals surface area contributed by atoms with Gasteiger partial charge in [0.15, 0.2) is 0 Å². The molecule has 0 bridgehead atoms. The van der Waals surface area contributed by atoms with Gasteiger partial charge in [-0.25, -0.2) is 0 Å². The number of allylic oxidation sites excluding steroid dienone is 9. The summed E-state index contributed by atoms with van der Waals surface area (Å²) in [5, 5.41) is 0. The first kappa shape index (κ1) is 20.9. The van der Waals surface area contributed by atoms with Crippen molar-refractivity contribution in [2.75, 3.05) is 0 Å². The van der Waals surface area contributed by atoms with E-state index in [1.165, 1.54) is 33.4 Å². The highest BCUT2D eigenvalue weighted by Gasteiger charge is 2.46. The summed E-state index contributed by atoms with van der Waals surface area (Å²) in [6, 6.07) is 17.7. The molecule has 148 valence electrons. The Morgan fingerprint density at radius 3 is 2.07 bits per heavy atom. The largest absolute Gasteiger partial charge is 0.0987 e. The van der Waals surface area contributed by atoms with Crippen molar-refractivity contribution in [2.24, 2.45) is 0 Å². The Morgan fingerprint density at radius 2 is 1.55 bits per heavy atom. The maximum atomic E-state index is 4.25. The van der Waals surface area contributed by atoms with Crippen molar-refractivity contribution < 1.29 is 0 Å². The van der Waals surface area contributed by atoms with Gasteiger partial charge < -0.3 is 0 Å². The number of fused-ring (bicyclic) bond motifs is 3. The minimum absolute atomic E-state index is 0.338. The Labute approximate surface area is 176 Å². The minimum Gasteiger partial charge on any atom is -0.0987 e. The van der Waals surface area contributed by atoms with E-state index in [2.05, 4.69) is 118 Å². The van der Waals surface area contributed by atoms with E-state index in [0.717, 1.165) is 19.3 Å². The molecule has 0 nitrogen and oxygen atoms in total. The van der Waals surface area contributed by atoms with Crippen molar-refractivity contribution in [3.05, 3.63) is 120 Å². The smallest absolute Gasteiger partial charge is 0.0710 e. The summed E-state index contributed by atoms with van der Waals surface area (Å²) >= 11 is 0. The van der Waals surface area contributed by atoms with Crippen LogP contribution >= 0.6 is 0 Å². The molecule has 0 amide bonds. The molecule has 0 saturated heterocycles. The van der Waals surface area contributed by atoms with Crippen LogP contribution < -0.4 is 0 Å². The molecule has 0 atom stereocenters. The quantitative estimate of drug-likeness (QED) is 0.404. The van der Waals surface area contributed by atoms with Gasteiger partial charge >= 0.3 is 0 Å². The molecular weight excluding hydrogens is 348 g/mol. The lowest BCUT2D eigenvalue weighted by atomic mass is 9.66. The number of hydrogen-bond donors (Lipinski definition) is 0. The molecule has 0 heterocycles. The second-order valence-electron chi connectivity index (χ2n) is 7.45. The summed E-state index contributed by atoms with van der Waals surface area (Å²) in [7, 11) is 0. The van der Waals surface area contributed by atoms with Crippen LogP contribution in [-0.4, -0.2) is 0 Å². The van der Waals surface area contributed by atoms with Gasteiger partial charge in [0.25, 0.3) is 0 Å². The Kier molecular flexibility index (Phi) is 6.88. The van der Waals surface area contributed by atoms with Gasteiger partial charge in [0, 0.05) is 0 Å². The SMILES string of the molecule is C=C/C(=C\CCC)C1(C(/C=C\CC)=C/C=C\C)c2ccccc2-c2ccccc21. The van der Waals surface area contributed by atoms with Gasteiger partial charge in [-0.1, -0.05) is 118 Å². The van der Waals surface area contributed by atoms with Crippen LogP contribution in [0, 0.1) is 0 Å². The first-order valence-electron chi connectivity index (χ1n) is 10.8. The van der Waals surface area contributed by atoms with Gasteiger partial charge in [0.05, 0.1) is 5.41 Å². The Balaban J connectivity index is 2.47. The summed E-state index contributed by atoms with van der Waals surface area (Å²) in [4.78, 5) is 0.